The van der Waals surface area contributed by atoms with Gasteiger partial charge in [-0.15, -0.1) is 0 Å². The molecule has 0 radical (unpaired) electrons. The number of carbonyl (C=O) groups excluding carboxylic acids is 1. The van der Waals surface area contributed by atoms with Crippen LogP contribution in [0.2, 0.25) is 5.02 Å². The fourth-order valence-corrected chi connectivity index (χ4v) is 3.46. The summed E-state index contributed by atoms with van der Waals surface area (Å²) in [4.78, 5) is 29.0. The van der Waals surface area contributed by atoms with Gasteiger partial charge in [0.25, 0.3) is 5.56 Å². The topological polar surface area (TPSA) is 85.4 Å². The van der Waals surface area contributed by atoms with E-state index in [1.807, 2.05) is 0 Å². The smallest absolute Gasteiger partial charge is 0.322 e. The molecule has 3 rings (SSSR count). The molecule has 3 aromatic rings. The number of urea groups is 1. The van der Waals surface area contributed by atoms with E-state index in [4.69, 9.17) is 11.6 Å². The predicted octanol–water partition coefficient (Wildman–Crippen LogP) is 4.44. The molecule has 0 aliphatic heterocycles. The number of fused-ring (bicyclic) bond motifs is 1. The van der Waals surface area contributed by atoms with Crippen LogP contribution >= 0.6 is 11.6 Å². The van der Waals surface area contributed by atoms with Gasteiger partial charge in [0.05, 0.1) is 16.5 Å². The second kappa shape index (κ2) is 9.23. The van der Waals surface area contributed by atoms with Crippen molar-refractivity contribution in [3.63, 3.8) is 0 Å². The van der Waals surface area contributed by atoms with Gasteiger partial charge in [-0.2, -0.15) is 0 Å². The molecule has 2 amide bonds. The molecule has 0 aliphatic carbocycles. The van der Waals surface area contributed by atoms with Crippen LogP contribution in [0.5, 0.6) is 0 Å². The van der Waals surface area contributed by atoms with E-state index in [-0.39, 0.29) is 23.6 Å². The lowest BCUT2D eigenvalue weighted by Gasteiger charge is -2.30. The average Bonchev–Trinajstić information content (AvgIpc) is 2.71. The zero-order valence-electron chi connectivity index (χ0n) is 16.1. The van der Waals surface area contributed by atoms with Crippen LogP contribution in [-0.4, -0.2) is 34.2 Å². The maximum atomic E-state index is 14.2. The predicted molar refractivity (Wildman–Crippen MR) is 112 cm³/mol. The number of halogens is 3. The standard InChI is InChI=1S/C21H20ClF2N3O3/c1-12(15-11-25-20(29)19-14(15)4-2-5-18(19)24)27(8-3-9-28)21(30)26-13-6-7-17(23)16(22)10-13/h2,4-7,10-12,28H,3,8-9H2,1H3,(H,25,29)(H,26,30)/t12-/m0/s1. The second-order valence-corrected chi connectivity index (χ2v) is 7.15. The zero-order valence-corrected chi connectivity index (χ0v) is 16.8. The SMILES string of the molecule is C[C@@H](c1c[nH]c(=O)c2c(F)cccc12)N(CCCO)C(=O)Nc1ccc(F)c(Cl)c1. The molecular formula is C21H20ClF2N3O3. The molecular weight excluding hydrogens is 416 g/mol. The van der Waals surface area contributed by atoms with Gasteiger partial charge in [0.1, 0.15) is 11.6 Å². The second-order valence-electron chi connectivity index (χ2n) is 6.74. The van der Waals surface area contributed by atoms with Crippen LogP contribution in [0.1, 0.15) is 24.9 Å². The lowest BCUT2D eigenvalue weighted by atomic mass is 10.0. The van der Waals surface area contributed by atoms with Crippen molar-refractivity contribution in [1.29, 1.82) is 0 Å². The highest BCUT2D eigenvalue weighted by atomic mass is 35.5. The third-order valence-corrected chi connectivity index (χ3v) is 5.11. The number of pyridine rings is 1. The van der Waals surface area contributed by atoms with Gasteiger partial charge >= 0.3 is 6.03 Å². The molecule has 0 spiro atoms. The minimum atomic E-state index is -0.657. The first-order chi connectivity index (χ1) is 14.3. The van der Waals surface area contributed by atoms with Gasteiger partial charge in [0.2, 0.25) is 0 Å². The minimum absolute atomic E-state index is 0.0883. The number of H-pyrrole nitrogens is 1. The lowest BCUT2D eigenvalue weighted by molar-refractivity contribution is 0.182. The Morgan fingerprint density at radius 3 is 2.73 bits per heavy atom. The number of aliphatic hydroxyl groups is 1. The van der Waals surface area contributed by atoms with E-state index in [2.05, 4.69) is 10.3 Å². The molecule has 0 bridgehead atoms. The Kier molecular flexibility index (Phi) is 6.69. The molecule has 0 saturated heterocycles. The van der Waals surface area contributed by atoms with E-state index < -0.39 is 29.3 Å². The molecule has 2 aromatic carbocycles. The summed E-state index contributed by atoms with van der Waals surface area (Å²) in [5, 5.41) is 12.0. The molecule has 30 heavy (non-hydrogen) atoms. The van der Waals surface area contributed by atoms with Crippen LogP contribution < -0.4 is 10.9 Å². The highest BCUT2D eigenvalue weighted by Crippen LogP contribution is 2.28. The summed E-state index contributed by atoms with van der Waals surface area (Å²) in [5.41, 5.74) is 0.269. The molecule has 0 fully saturated rings. The fourth-order valence-electron chi connectivity index (χ4n) is 3.28. The van der Waals surface area contributed by atoms with E-state index in [1.165, 1.54) is 35.4 Å². The normalized spacial score (nSPS) is 12.0. The first-order valence-electron chi connectivity index (χ1n) is 9.26. The fraction of sp³-hybridized carbons (Fsp3) is 0.238. The maximum Gasteiger partial charge on any atom is 0.322 e. The average molecular weight is 436 g/mol. The number of aromatic nitrogens is 1. The summed E-state index contributed by atoms with van der Waals surface area (Å²) in [7, 11) is 0. The highest BCUT2D eigenvalue weighted by Gasteiger charge is 2.24. The summed E-state index contributed by atoms with van der Waals surface area (Å²) < 4.78 is 27.6. The molecule has 1 heterocycles. The van der Waals surface area contributed by atoms with Crippen LogP contribution in [0.4, 0.5) is 19.3 Å². The lowest BCUT2D eigenvalue weighted by Crippen LogP contribution is -2.38. The first-order valence-corrected chi connectivity index (χ1v) is 9.64. The Balaban J connectivity index is 1.97. The van der Waals surface area contributed by atoms with E-state index in [1.54, 1.807) is 13.0 Å². The van der Waals surface area contributed by atoms with Gasteiger partial charge in [0, 0.05) is 25.0 Å². The summed E-state index contributed by atoms with van der Waals surface area (Å²) in [5.74, 6) is -1.27. The van der Waals surface area contributed by atoms with Crippen molar-refractivity contribution in [3.8, 4) is 0 Å². The number of aliphatic hydroxyl groups excluding tert-OH is 1. The minimum Gasteiger partial charge on any atom is -0.396 e. The van der Waals surface area contributed by atoms with Crippen LogP contribution in [0.25, 0.3) is 10.8 Å². The molecule has 6 nitrogen and oxygen atoms in total. The van der Waals surface area contributed by atoms with Crippen molar-refractivity contribution >= 4 is 34.1 Å². The number of anilines is 1. The van der Waals surface area contributed by atoms with E-state index >= 15 is 0 Å². The van der Waals surface area contributed by atoms with Gasteiger partial charge in [-0.1, -0.05) is 23.7 Å². The largest absolute Gasteiger partial charge is 0.396 e. The first kappa shape index (κ1) is 21.7. The Bertz CT molecular complexity index is 1140. The van der Waals surface area contributed by atoms with Crippen molar-refractivity contribution < 1.29 is 18.7 Å². The monoisotopic (exact) mass is 435 g/mol. The molecule has 158 valence electrons. The number of nitrogens with one attached hydrogen (secondary N) is 2. The maximum absolute atomic E-state index is 14.2. The van der Waals surface area contributed by atoms with E-state index in [0.717, 1.165) is 6.07 Å². The van der Waals surface area contributed by atoms with Crippen molar-refractivity contribution in [2.24, 2.45) is 0 Å². The number of aromatic amines is 1. The van der Waals surface area contributed by atoms with Gasteiger partial charge in [0.15, 0.2) is 0 Å². The van der Waals surface area contributed by atoms with E-state index in [0.29, 0.717) is 23.1 Å². The third kappa shape index (κ3) is 4.44. The Morgan fingerprint density at radius 1 is 1.27 bits per heavy atom. The van der Waals surface area contributed by atoms with E-state index in [9.17, 15) is 23.5 Å². The molecule has 0 saturated carbocycles. The van der Waals surface area contributed by atoms with Crippen molar-refractivity contribution in [2.45, 2.75) is 19.4 Å². The molecule has 9 heteroatoms. The summed E-state index contributed by atoms with van der Waals surface area (Å²) in [6, 6.07) is 7.00. The van der Waals surface area contributed by atoms with Crippen LogP contribution in [0.3, 0.4) is 0 Å². The zero-order chi connectivity index (χ0) is 21.8. The molecule has 0 unspecified atom stereocenters. The number of nitrogens with zero attached hydrogens (tertiary/aromatic N) is 1. The number of amides is 2. The summed E-state index contributed by atoms with van der Waals surface area (Å²) in [6.45, 7) is 1.78. The van der Waals surface area contributed by atoms with Crippen LogP contribution in [0, 0.1) is 11.6 Å². The number of rotatable bonds is 6. The number of hydrogen-bond acceptors (Lipinski definition) is 3. The summed E-state index contributed by atoms with van der Waals surface area (Å²) >= 11 is 5.77. The Hall–Kier alpha value is -2.97. The van der Waals surface area contributed by atoms with Crippen molar-refractivity contribution in [1.82, 2.24) is 9.88 Å². The highest BCUT2D eigenvalue weighted by molar-refractivity contribution is 6.31. The van der Waals surface area contributed by atoms with Gasteiger partial charge in [-0.3, -0.25) is 4.79 Å². The van der Waals surface area contributed by atoms with Crippen molar-refractivity contribution in [3.05, 3.63) is 75.2 Å². The number of benzene rings is 2. The van der Waals surface area contributed by atoms with Crippen LogP contribution in [-0.2, 0) is 0 Å². The molecule has 1 atom stereocenters. The summed E-state index contributed by atoms with van der Waals surface area (Å²) in [6.07, 6.45) is 1.75. The number of carbonyl (C=O) groups is 1. The van der Waals surface area contributed by atoms with Gasteiger partial charge in [-0.05, 0) is 48.6 Å². The van der Waals surface area contributed by atoms with Gasteiger partial charge in [-0.25, -0.2) is 13.6 Å². The third-order valence-electron chi connectivity index (χ3n) is 4.82. The Labute approximate surface area is 176 Å². The molecule has 3 N–H and O–H groups in total. The quantitative estimate of drug-likeness (QED) is 0.535. The number of hydrogen-bond donors (Lipinski definition) is 3. The van der Waals surface area contributed by atoms with Gasteiger partial charge < -0.3 is 20.3 Å². The Morgan fingerprint density at radius 2 is 2.03 bits per heavy atom. The van der Waals surface area contributed by atoms with Crippen LogP contribution in [0.15, 0.2) is 47.4 Å². The molecule has 0 aliphatic rings. The van der Waals surface area contributed by atoms with Crippen molar-refractivity contribution in [2.75, 3.05) is 18.5 Å². The molecule has 1 aromatic heterocycles.